The predicted octanol–water partition coefficient (Wildman–Crippen LogP) is 4.14. The van der Waals surface area contributed by atoms with Crippen molar-refractivity contribution in [1.82, 2.24) is 0 Å². The molecule has 1 rings (SSSR count). The van der Waals surface area contributed by atoms with E-state index in [2.05, 4.69) is 20.8 Å². The maximum absolute atomic E-state index is 11.3. The zero-order chi connectivity index (χ0) is 17.0. The highest BCUT2D eigenvalue weighted by atomic mass is 32.2. The average molecular weight is 330 g/mol. The Hall–Kier alpha value is -0.520. The number of carbonyl (C=O) groups excluding carboxylic acids is 1. The van der Waals surface area contributed by atoms with Crippen molar-refractivity contribution in [2.45, 2.75) is 66.1 Å². The van der Waals surface area contributed by atoms with Crippen LogP contribution in [0.1, 0.15) is 54.4 Å². The molecular formula is C17H30O4S. The standard InChI is InChI=1S/C17H30O4S/c1-12-13(10-22-11-15(18)19-7)14(8-9-17(12,5)6)20-21-16(2,3)4/h14H,8-11H2,1-7H3. The van der Waals surface area contributed by atoms with E-state index < -0.39 is 0 Å². The lowest BCUT2D eigenvalue weighted by Gasteiger charge is -2.38. The highest BCUT2D eigenvalue weighted by Gasteiger charge is 2.34. The molecule has 0 amide bonds. The van der Waals surface area contributed by atoms with Crippen LogP contribution in [0.25, 0.3) is 0 Å². The van der Waals surface area contributed by atoms with Crippen LogP contribution < -0.4 is 0 Å². The molecule has 0 aromatic heterocycles. The maximum atomic E-state index is 11.3. The molecule has 1 atom stereocenters. The van der Waals surface area contributed by atoms with E-state index in [0.717, 1.165) is 18.6 Å². The molecule has 4 nitrogen and oxygen atoms in total. The molecule has 1 aliphatic rings. The van der Waals surface area contributed by atoms with Gasteiger partial charge in [0.1, 0.15) is 6.10 Å². The molecule has 1 unspecified atom stereocenters. The number of hydrogen-bond acceptors (Lipinski definition) is 5. The van der Waals surface area contributed by atoms with Crippen molar-refractivity contribution in [3.8, 4) is 0 Å². The molecule has 0 N–H and O–H groups in total. The number of rotatable bonds is 6. The Bertz CT molecular complexity index is 421. The lowest BCUT2D eigenvalue weighted by Crippen LogP contribution is -2.33. The van der Waals surface area contributed by atoms with E-state index in [-0.39, 0.29) is 23.1 Å². The summed E-state index contributed by atoms with van der Waals surface area (Å²) in [7, 11) is 1.42. The molecule has 0 radical (unpaired) electrons. The van der Waals surface area contributed by atoms with Gasteiger partial charge in [-0.1, -0.05) is 19.4 Å². The van der Waals surface area contributed by atoms with Gasteiger partial charge in [0.2, 0.25) is 0 Å². The molecule has 0 aromatic rings. The molecule has 5 heteroatoms. The zero-order valence-corrected chi connectivity index (χ0v) is 15.8. The SMILES string of the molecule is COC(=O)CSCC1=C(C)C(C)(C)CCC1OOC(C)(C)C. The fraction of sp³-hybridized carbons (Fsp3) is 0.824. The minimum atomic E-state index is -0.328. The van der Waals surface area contributed by atoms with E-state index in [4.69, 9.17) is 14.5 Å². The highest BCUT2D eigenvalue weighted by molar-refractivity contribution is 8.00. The van der Waals surface area contributed by atoms with Gasteiger partial charge < -0.3 is 4.74 Å². The van der Waals surface area contributed by atoms with E-state index in [9.17, 15) is 4.79 Å². The van der Waals surface area contributed by atoms with Crippen molar-refractivity contribution in [2.75, 3.05) is 18.6 Å². The molecular weight excluding hydrogens is 300 g/mol. The van der Waals surface area contributed by atoms with Gasteiger partial charge in [-0.25, -0.2) is 9.78 Å². The van der Waals surface area contributed by atoms with Crippen molar-refractivity contribution < 1.29 is 19.3 Å². The van der Waals surface area contributed by atoms with Crippen LogP contribution in [0, 0.1) is 5.41 Å². The Balaban J connectivity index is 2.78. The van der Waals surface area contributed by atoms with E-state index in [1.54, 1.807) is 11.8 Å². The van der Waals surface area contributed by atoms with Gasteiger partial charge in [0.15, 0.2) is 0 Å². The predicted molar refractivity (Wildman–Crippen MR) is 90.8 cm³/mol. The van der Waals surface area contributed by atoms with Crippen molar-refractivity contribution in [2.24, 2.45) is 5.41 Å². The van der Waals surface area contributed by atoms with E-state index in [1.165, 1.54) is 18.3 Å². The summed E-state index contributed by atoms with van der Waals surface area (Å²) in [5.41, 5.74) is 2.43. The molecule has 0 fully saturated rings. The van der Waals surface area contributed by atoms with Crippen LogP contribution in [0.2, 0.25) is 0 Å². The molecule has 0 aliphatic heterocycles. The van der Waals surface area contributed by atoms with Crippen LogP contribution >= 0.6 is 11.8 Å². The van der Waals surface area contributed by atoms with Crippen LogP contribution in [0.4, 0.5) is 0 Å². The first-order valence-corrected chi connectivity index (χ1v) is 8.91. The second-order valence-corrected chi connectivity index (χ2v) is 8.41. The molecule has 0 saturated carbocycles. The van der Waals surface area contributed by atoms with Crippen molar-refractivity contribution in [1.29, 1.82) is 0 Å². The minimum absolute atomic E-state index is 0.0302. The van der Waals surface area contributed by atoms with Gasteiger partial charge in [0.05, 0.1) is 18.5 Å². The number of hydrogen-bond donors (Lipinski definition) is 0. The molecule has 0 heterocycles. The summed E-state index contributed by atoms with van der Waals surface area (Å²) in [6.07, 6.45) is 1.98. The minimum Gasteiger partial charge on any atom is -0.468 e. The Labute approximate surface area is 138 Å². The fourth-order valence-electron chi connectivity index (χ4n) is 2.34. The number of thioether (sulfide) groups is 1. The first-order chi connectivity index (χ1) is 10.1. The zero-order valence-electron chi connectivity index (χ0n) is 14.9. The lowest BCUT2D eigenvalue weighted by molar-refractivity contribution is -0.368. The average Bonchev–Trinajstić information content (AvgIpc) is 2.41. The van der Waals surface area contributed by atoms with Crippen molar-refractivity contribution in [3.05, 3.63) is 11.1 Å². The van der Waals surface area contributed by atoms with Gasteiger partial charge >= 0.3 is 5.97 Å². The Morgan fingerprint density at radius 2 is 2.00 bits per heavy atom. The molecule has 0 spiro atoms. The second kappa shape index (κ2) is 7.84. The third kappa shape index (κ3) is 5.94. The van der Waals surface area contributed by atoms with Gasteiger partial charge in [-0.2, -0.15) is 0 Å². The molecule has 0 aromatic carbocycles. The number of ether oxygens (including phenoxy) is 1. The number of carbonyl (C=O) groups is 1. The second-order valence-electron chi connectivity index (χ2n) is 7.42. The highest BCUT2D eigenvalue weighted by Crippen LogP contribution is 2.42. The van der Waals surface area contributed by atoms with Gasteiger partial charge in [-0.3, -0.25) is 4.79 Å². The topological polar surface area (TPSA) is 44.8 Å². The largest absolute Gasteiger partial charge is 0.468 e. The van der Waals surface area contributed by atoms with Crippen molar-refractivity contribution in [3.63, 3.8) is 0 Å². The van der Waals surface area contributed by atoms with Gasteiger partial charge in [0.25, 0.3) is 0 Å². The Kier molecular flexibility index (Phi) is 6.96. The summed E-state index contributed by atoms with van der Waals surface area (Å²) in [5, 5.41) is 0. The van der Waals surface area contributed by atoms with E-state index >= 15 is 0 Å². The third-order valence-corrected chi connectivity index (χ3v) is 4.99. The fourth-order valence-corrected chi connectivity index (χ4v) is 3.35. The normalized spacial score (nSPS) is 21.9. The van der Waals surface area contributed by atoms with Crippen LogP contribution in [0.5, 0.6) is 0 Å². The van der Waals surface area contributed by atoms with Gasteiger partial charge in [0, 0.05) is 5.75 Å². The monoisotopic (exact) mass is 330 g/mol. The Morgan fingerprint density at radius 1 is 1.36 bits per heavy atom. The van der Waals surface area contributed by atoms with Crippen LogP contribution in [-0.2, 0) is 19.3 Å². The molecule has 1 aliphatic carbocycles. The number of allylic oxidation sites excluding steroid dienone is 1. The Morgan fingerprint density at radius 3 is 2.55 bits per heavy atom. The van der Waals surface area contributed by atoms with Gasteiger partial charge in [-0.05, 0) is 51.5 Å². The number of methoxy groups -OCH3 is 1. The summed E-state index contributed by atoms with van der Waals surface area (Å²) >= 11 is 1.57. The summed E-state index contributed by atoms with van der Waals surface area (Å²) in [5.74, 6) is 0.935. The quantitative estimate of drug-likeness (QED) is 0.317. The van der Waals surface area contributed by atoms with Gasteiger partial charge in [-0.15, -0.1) is 11.8 Å². The van der Waals surface area contributed by atoms with E-state index in [0.29, 0.717) is 5.75 Å². The smallest absolute Gasteiger partial charge is 0.315 e. The summed E-state index contributed by atoms with van der Waals surface area (Å²) in [4.78, 5) is 22.5. The van der Waals surface area contributed by atoms with Crippen LogP contribution in [0.3, 0.4) is 0 Å². The molecule has 0 saturated heterocycles. The summed E-state index contributed by atoms with van der Waals surface area (Å²) in [6, 6.07) is 0. The molecule has 0 bridgehead atoms. The van der Waals surface area contributed by atoms with Crippen LogP contribution in [0.15, 0.2) is 11.1 Å². The van der Waals surface area contributed by atoms with E-state index in [1.807, 2.05) is 20.8 Å². The maximum Gasteiger partial charge on any atom is 0.315 e. The molecule has 128 valence electrons. The van der Waals surface area contributed by atoms with Crippen LogP contribution in [-0.4, -0.2) is 36.3 Å². The summed E-state index contributed by atoms with van der Waals surface area (Å²) < 4.78 is 4.69. The first kappa shape index (κ1) is 19.5. The number of esters is 1. The lowest BCUT2D eigenvalue weighted by atomic mass is 9.72. The summed E-state index contributed by atoms with van der Waals surface area (Å²) in [6.45, 7) is 12.6. The first-order valence-electron chi connectivity index (χ1n) is 7.76. The van der Waals surface area contributed by atoms with Crippen molar-refractivity contribution >= 4 is 17.7 Å². The third-order valence-electron chi connectivity index (χ3n) is 4.04. The molecule has 22 heavy (non-hydrogen) atoms.